The Bertz CT molecular complexity index is 1440. The summed E-state index contributed by atoms with van der Waals surface area (Å²) >= 11 is 7.33. The van der Waals surface area contributed by atoms with Crippen molar-refractivity contribution in [3.8, 4) is 11.3 Å². The Morgan fingerprint density at radius 1 is 1.03 bits per heavy atom. The quantitative estimate of drug-likeness (QED) is 0.370. The summed E-state index contributed by atoms with van der Waals surface area (Å²) in [7, 11) is 0. The van der Waals surface area contributed by atoms with E-state index in [4.69, 9.17) is 11.6 Å². The van der Waals surface area contributed by atoms with E-state index in [9.17, 15) is 4.79 Å². The van der Waals surface area contributed by atoms with Crippen LogP contribution >= 0.6 is 23.4 Å². The lowest BCUT2D eigenvalue weighted by Gasteiger charge is -2.07. The number of nitrogens with one attached hydrogen (secondary N) is 1. The van der Waals surface area contributed by atoms with E-state index in [0.717, 1.165) is 33.6 Å². The van der Waals surface area contributed by atoms with Gasteiger partial charge in [-0.25, -0.2) is 4.52 Å². The maximum atomic E-state index is 12.4. The number of anilines is 1. The number of carbonyl (C=O) groups is 1. The number of hydrogen-bond acceptors (Lipinski definition) is 5. The van der Waals surface area contributed by atoms with Gasteiger partial charge in [-0.1, -0.05) is 41.6 Å². The minimum atomic E-state index is -0.0906. The Morgan fingerprint density at radius 2 is 1.78 bits per heavy atom. The fourth-order valence-electron chi connectivity index (χ4n) is 3.63. The zero-order valence-corrected chi connectivity index (χ0v) is 19.0. The van der Waals surface area contributed by atoms with Crippen LogP contribution in [0.2, 0.25) is 5.02 Å². The van der Waals surface area contributed by atoms with Gasteiger partial charge < -0.3 is 5.32 Å². The molecular formula is C23H19ClN6OS. The molecule has 5 aromatic rings. The Balaban J connectivity index is 1.36. The van der Waals surface area contributed by atoms with Gasteiger partial charge in [-0.3, -0.25) is 9.20 Å². The molecule has 1 amide bonds. The molecular weight excluding hydrogens is 444 g/mol. The Kier molecular flexibility index (Phi) is 5.32. The number of hydrogen-bond donors (Lipinski definition) is 1. The third-order valence-electron chi connectivity index (χ3n) is 4.96. The highest BCUT2D eigenvalue weighted by Crippen LogP contribution is 2.25. The maximum absolute atomic E-state index is 12.4. The molecule has 5 rings (SSSR count). The monoisotopic (exact) mass is 462 g/mol. The number of carbonyl (C=O) groups excluding carboxylic acids is 1. The summed E-state index contributed by atoms with van der Waals surface area (Å²) in [6.07, 6.45) is 3.70. The third kappa shape index (κ3) is 4.06. The van der Waals surface area contributed by atoms with Gasteiger partial charge in [-0.15, -0.1) is 10.2 Å². The molecule has 0 radical (unpaired) electrons. The van der Waals surface area contributed by atoms with Crippen LogP contribution in [0.25, 0.3) is 22.4 Å². The SMILES string of the molecule is Cc1cc(C)cc(NC(=O)CSc2nnc3c4cc(-c5ccc(Cl)cc5)nn4ccn23)c1. The second-order valence-electron chi connectivity index (χ2n) is 7.55. The summed E-state index contributed by atoms with van der Waals surface area (Å²) in [4.78, 5) is 12.4. The van der Waals surface area contributed by atoms with Crippen LogP contribution in [0.4, 0.5) is 5.69 Å². The van der Waals surface area contributed by atoms with Gasteiger partial charge in [-0.2, -0.15) is 5.10 Å². The molecule has 0 saturated heterocycles. The summed E-state index contributed by atoms with van der Waals surface area (Å²) in [6, 6.07) is 15.5. The number of halogens is 1. The highest BCUT2D eigenvalue weighted by atomic mass is 35.5. The molecule has 9 heteroatoms. The lowest BCUT2D eigenvalue weighted by Crippen LogP contribution is -2.14. The zero-order chi connectivity index (χ0) is 22.2. The fourth-order valence-corrected chi connectivity index (χ4v) is 4.47. The summed E-state index contributed by atoms with van der Waals surface area (Å²) in [5.74, 6) is 0.140. The van der Waals surface area contributed by atoms with E-state index < -0.39 is 0 Å². The molecule has 0 spiro atoms. The average Bonchev–Trinajstić information content (AvgIpc) is 3.36. The van der Waals surface area contributed by atoms with Crippen molar-refractivity contribution in [3.63, 3.8) is 0 Å². The Hall–Kier alpha value is -3.36. The molecule has 0 aliphatic carbocycles. The first-order valence-electron chi connectivity index (χ1n) is 9.96. The number of rotatable bonds is 5. The molecule has 7 nitrogen and oxygen atoms in total. The van der Waals surface area contributed by atoms with Crippen molar-refractivity contribution < 1.29 is 4.79 Å². The van der Waals surface area contributed by atoms with E-state index in [2.05, 4.69) is 26.7 Å². The van der Waals surface area contributed by atoms with E-state index in [0.29, 0.717) is 15.8 Å². The molecule has 2 aromatic carbocycles. The van der Waals surface area contributed by atoms with E-state index in [1.807, 2.05) is 73.1 Å². The molecule has 160 valence electrons. The van der Waals surface area contributed by atoms with Crippen LogP contribution in [-0.4, -0.2) is 35.9 Å². The molecule has 0 saturated carbocycles. The molecule has 0 aliphatic heterocycles. The van der Waals surface area contributed by atoms with Gasteiger partial charge in [0, 0.05) is 28.7 Å². The third-order valence-corrected chi connectivity index (χ3v) is 6.16. The lowest BCUT2D eigenvalue weighted by molar-refractivity contribution is -0.113. The molecule has 0 unspecified atom stereocenters. The van der Waals surface area contributed by atoms with Crippen LogP contribution in [0.1, 0.15) is 11.1 Å². The molecule has 0 bridgehead atoms. The highest BCUT2D eigenvalue weighted by Gasteiger charge is 2.14. The van der Waals surface area contributed by atoms with Gasteiger partial charge in [-0.05, 0) is 55.3 Å². The van der Waals surface area contributed by atoms with Crippen molar-refractivity contribution in [2.24, 2.45) is 0 Å². The number of amides is 1. The van der Waals surface area contributed by atoms with Crippen LogP contribution < -0.4 is 5.32 Å². The van der Waals surface area contributed by atoms with Crippen LogP contribution in [0.5, 0.6) is 0 Å². The molecule has 3 aromatic heterocycles. The summed E-state index contributed by atoms with van der Waals surface area (Å²) in [5, 5.41) is 17.5. The first-order valence-corrected chi connectivity index (χ1v) is 11.3. The number of aryl methyl sites for hydroxylation is 2. The van der Waals surface area contributed by atoms with Gasteiger partial charge in [0.15, 0.2) is 10.8 Å². The van der Waals surface area contributed by atoms with E-state index >= 15 is 0 Å². The number of nitrogens with zero attached hydrogens (tertiary/aromatic N) is 5. The van der Waals surface area contributed by atoms with Crippen LogP contribution in [0, 0.1) is 13.8 Å². The van der Waals surface area contributed by atoms with Crippen LogP contribution in [-0.2, 0) is 4.79 Å². The van der Waals surface area contributed by atoms with Crippen LogP contribution in [0.15, 0.2) is 66.1 Å². The number of fused-ring (bicyclic) bond motifs is 3. The highest BCUT2D eigenvalue weighted by molar-refractivity contribution is 7.99. The molecule has 0 fully saturated rings. The smallest absolute Gasteiger partial charge is 0.234 e. The Labute approximate surface area is 193 Å². The van der Waals surface area contributed by atoms with Crippen molar-refractivity contribution in [3.05, 3.63) is 77.1 Å². The normalized spacial score (nSPS) is 11.3. The molecule has 32 heavy (non-hydrogen) atoms. The largest absolute Gasteiger partial charge is 0.325 e. The molecule has 1 N–H and O–H groups in total. The summed E-state index contributed by atoms with van der Waals surface area (Å²) in [6.45, 7) is 4.02. The predicted molar refractivity (Wildman–Crippen MR) is 127 cm³/mol. The van der Waals surface area contributed by atoms with E-state index in [1.54, 1.807) is 4.52 Å². The Morgan fingerprint density at radius 3 is 2.53 bits per heavy atom. The predicted octanol–water partition coefficient (Wildman–Crippen LogP) is 5.05. The summed E-state index contributed by atoms with van der Waals surface area (Å²) < 4.78 is 3.65. The lowest BCUT2D eigenvalue weighted by atomic mass is 10.1. The van der Waals surface area contributed by atoms with Gasteiger partial charge in [0.2, 0.25) is 5.91 Å². The molecule has 3 heterocycles. The topological polar surface area (TPSA) is 76.6 Å². The van der Waals surface area contributed by atoms with Gasteiger partial charge in [0.25, 0.3) is 0 Å². The number of aromatic nitrogens is 5. The van der Waals surface area contributed by atoms with Gasteiger partial charge >= 0.3 is 0 Å². The van der Waals surface area contributed by atoms with Gasteiger partial charge in [0.1, 0.15) is 5.52 Å². The van der Waals surface area contributed by atoms with Crippen LogP contribution in [0.3, 0.4) is 0 Å². The summed E-state index contributed by atoms with van der Waals surface area (Å²) in [5.41, 5.74) is 6.32. The second-order valence-corrected chi connectivity index (χ2v) is 8.93. The fraction of sp³-hybridized carbons (Fsp3) is 0.130. The van der Waals surface area contributed by atoms with Crippen molar-refractivity contribution in [1.82, 2.24) is 24.2 Å². The maximum Gasteiger partial charge on any atom is 0.234 e. The molecule has 0 atom stereocenters. The van der Waals surface area contributed by atoms with Crippen molar-refractivity contribution in [1.29, 1.82) is 0 Å². The van der Waals surface area contributed by atoms with E-state index in [-0.39, 0.29) is 11.7 Å². The van der Waals surface area contributed by atoms with Gasteiger partial charge in [0.05, 0.1) is 11.4 Å². The average molecular weight is 463 g/mol. The van der Waals surface area contributed by atoms with Crippen molar-refractivity contribution >= 4 is 46.1 Å². The minimum Gasteiger partial charge on any atom is -0.325 e. The first-order chi connectivity index (χ1) is 15.5. The standard InChI is InChI=1S/C23H19ClN6OS/c1-14-9-15(2)11-18(10-14)25-21(31)13-32-23-27-26-22-20-12-19(16-3-5-17(24)6-4-16)28-30(20)8-7-29(22)23/h3-12H,13H2,1-2H3,(H,25,31). The van der Waals surface area contributed by atoms with Crippen molar-refractivity contribution in [2.45, 2.75) is 19.0 Å². The second kappa shape index (κ2) is 8.29. The van der Waals surface area contributed by atoms with Crippen molar-refractivity contribution in [2.75, 3.05) is 11.1 Å². The zero-order valence-electron chi connectivity index (χ0n) is 17.4. The molecule has 0 aliphatic rings. The minimum absolute atomic E-state index is 0.0906. The number of benzene rings is 2. The van der Waals surface area contributed by atoms with E-state index in [1.165, 1.54) is 11.8 Å². The first kappa shape index (κ1) is 20.5. The number of thioether (sulfide) groups is 1.